The van der Waals surface area contributed by atoms with Gasteiger partial charge in [-0.1, -0.05) is 12.2 Å². The monoisotopic (exact) mass is 206 g/mol. The number of aromatic nitrogens is 3. The van der Waals surface area contributed by atoms with Crippen molar-refractivity contribution in [3.8, 4) is 0 Å². The Morgan fingerprint density at radius 3 is 1.80 bits per heavy atom. The van der Waals surface area contributed by atoms with Gasteiger partial charge in [-0.3, -0.25) is 0 Å². The van der Waals surface area contributed by atoms with Crippen LogP contribution in [-0.4, -0.2) is 15.0 Å². The van der Waals surface area contributed by atoms with E-state index in [1.165, 1.54) is 0 Å². The Balaban J connectivity index is 2.84. The summed E-state index contributed by atoms with van der Waals surface area (Å²) in [6.45, 7) is 3.77. The Hall–Kier alpha value is -2.11. The van der Waals surface area contributed by atoms with Crippen molar-refractivity contribution < 1.29 is 0 Å². The number of allylic oxidation sites excluding steroid dienone is 2. The van der Waals surface area contributed by atoms with Gasteiger partial charge in [0.15, 0.2) is 0 Å². The van der Waals surface area contributed by atoms with Gasteiger partial charge in [0.2, 0.25) is 17.8 Å². The molecule has 0 unspecified atom stereocenters. The number of hydrogen-bond acceptors (Lipinski definition) is 6. The van der Waals surface area contributed by atoms with Crippen LogP contribution in [0.25, 0.3) is 0 Å². The predicted molar refractivity (Wildman–Crippen MR) is 61.1 cm³/mol. The zero-order chi connectivity index (χ0) is 11.1. The van der Waals surface area contributed by atoms with E-state index in [0.717, 1.165) is 0 Å². The molecular formula is C9H14N6. The van der Waals surface area contributed by atoms with E-state index >= 15 is 0 Å². The molecule has 0 aliphatic heterocycles. The van der Waals surface area contributed by atoms with E-state index in [1.54, 1.807) is 12.4 Å². The van der Waals surface area contributed by atoms with E-state index in [2.05, 4.69) is 25.6 Å². The molecule has 0 saturated carbocycles. The Morgan fingerprint density at radius 1 is 0.933 bits per heavy atom. The maximum Gasteiger partial charge on any atom is 0.233 e. The van der Waals surface area contributed by atoms with Crippen LogP contribution >= 0.6 is 0 Å². The molecule has 0 saturated heterocycles. The summed E-state index contributed by atoms with van der Waals surface area (Å²) < 4.78 is 0. The van der Waals surface area contributed by atoms with Crippen LogP contribution in [0.1, 0.15) is 13.8 Å². The van der Waals surface area contributed by atoms with E-state index in [1.807, 2.05) is 26.0 Å². The van der Waals surface area contributed by atoms with Crippen molar-refractivity contribution in [3.63, 3.8) is 0 Å². The molecule has 0 fully saturated rings. The molecule has 1 heterocycles. The minimum Gasteiger partial charge on any atom is -0.368 e. The van der Waals surface area contributed by atoms with Crippen molar-refractivity contribution in [2.24, 2.45) is 0 Å². The minimum atomic E-state index is 0.170. The van der Waals surface area contributed by atoms with Gasteiger partial charge in [0.1, 0.15) is 0 Å². The van der Waals surface area contributed by atoms with E-state index in [-0.39, 0.29) is 5.95 Å². The second kappa shape index (κ2) is 5.58. The molecule has 15 heavy (non-hydrogen) atoms. The van der Waals surface area contributed by atoms with Gasteiger partial charge in [0.05, 0.1) is 0 Å². The van der Waals surface area contributed by atoms with Crippen molar-refractivity contribution in [2.45, 2.75) is 13.8 Å². The quantitative estimate of drug-likeness (QED) is 0.689. The summed E-state index contributed by atoms with van der Waals surface area (Å²) in [4.78, 5) is 11.9. The predicted octanol–water partition coefficient (Wildman–Crippen LogP) is 1.34. The zero-order valence-corrected chi connectivity index (χ0v) is 8.73. The highest BCUT2D eigenvalue weighted by Crippen LogP contribution is 2.06. The normalized spacial score (nSPS) is 11.1. The third kappa shape index (κ3) is 3.63. The first-order chi connectivity index (χ1) is 7.26. The summed E-state index contributed by atoms with van der Waals surface area (Å²) in [5.41, 5.74) is 5.51. The summed E-state index contributed by atoms with van der Waals surface area (Å²) in [6, 6.07) is 0. The fraction of sp³-hybridized carbons (Fsp3) is 0.222. The smallest absolute Gasteiger partial charge is 0.233 e. The SMILES string of the molecule is CC=CNc1nc(N)nc(NC=CC)n1. The number of anilines is 3. The molecule has 0 radical (unpaired) electrons. The molecule has 0 aliphatic carbocycles. The van der Waals surface area contributed by atoms with Gasteiger partial charge in [0, 0.05) is 0 Å². The number of rotatable bonds is 4. The van der Waals surface area contributed by atoms with Crippen molar-refractivity contribution in [3.05, 3.63) is 24.6 Å². The van der Waals surface area contributed by atoms with Gasteiger partial charge in [-0.05, 0) is 26.2 Å². The summed E-state index contributed by atoms with van der Waals surface area (Å²) in [5.74, 6) is 0.990. The maximum absolute atomic E-state index is 5.51. The van der Waals surface area contributed by atoms with Crippen LogP contribution in [0.5, 0.6) is 0 Å². The molecule has 4 N–H and O–H groups in total. The largest absolute Gasteiger partial charge is 0.368 e. The number of nitrogens with zero attached hydrogens (tertiary/aromatic N) is 3. The standard InChI is InChI=1S/C9H14N6/c1-3-5-11-8-13-7(10)14-9(15-8)12-6-4-2/h3-6H,1-2H3,(H4,10,11,12,13,14,15). The molecule has 1 aromatic heterocycles. The molecule has 0 bridgehead atoms. The summed E-state index contributed by atoms with van der Waals surface area (Å²) in [7, 11) is 0. The van der Waals surface area contributed by atoms with Crippen molar-refractivity contribution in [1.82, 2.24) is 15.0 Å². The first kappa shape index (κ1) is 11.0. The maximum atomic E-state index is 5.51. The first-order valence-electron chi connectivity index (χ1n) is 4.53. The van der Waals surface area contributed by atoms with E-state index in [9.17, 15) is 0 Å². The minimum absolute atomic E-state index is 0.170. The van der Waals surface area contributed by atoms with Gasteiger partial charge in [0.25, 0.3) is 0 Å². The molecule has 1 rings (SSSR count). The summed E-state index contributed by atoms with van der Waals surface area (Å²) >= 11 is 0. The van der Waals surface area contributed by atoms with Gasteiger partial charge < -0.3 is 16.4 Å². The number of nitrogen functional groups attached to an aromatic ring is 1. The molecule has 0 aromatic carbocycles. The third-order valence-electron chi connectivity index (χ3n) is 1.41. The first-order valence-corrected chi connectivity index (χ1v) is 4.53. The Kier molecular flexibility index (Phi) is 4.08. The highest BCUT2D eigenvalue weighted by molar-refractivity contribution is 5.42. The molecule has 0 aliphatic rings. The second-order valence-electron chi connectivity index (χ2n) is 2.63. The van der Waals surface area contributed by atoms with E-state index in [0.29, 0.717) is 11.9 Å². The van der Waals surface area contributed by atoms with Crippen LogP contribution in [-0.2, 0) is 0 Å². The lowest BCUT2D eigenvalue weighted by Crippen LogP contribution is -2.05. The average molecular weight is 206 g/mol. The van der Waals surface area contributed by atoms with Crippen LogP contribution < -0.4 is 16.4 Å². The van der Waals surface area contributed by atoms with Crippen molar-refractivity contribution in [2.75, 3.05) is 16.4 Å². The molecule has 0 spiro atoms. The lowest BCUT2D eigenvalue weighted by atomic mass is 10.7. The van der Waals surface area contributed by atoms with Crippen LogP contribution in [0.3, 0.4) is 0 Å². The van der Waals surface area contributed by atoms with Crippen LogP contribution in [0, 0.1) is 0 Å². The molecule has 80 valence electrons. The number of nitrogens with one attached hydrogen (secondary N) is 2. The highest BCUT2D eigenvalue weighted by atomic mass is 15.2. The van der Waals surface area contributed by atoms with E-state index < -0.39 is 0 Å². The molecule has 0 amide bonds. The van der Waals surface area contributed by atoms with E-state index in [4.69, 9.17) is 5.73 Å². The molecule has 1 aromatic rings. The number of nitrogens with two attached hydrogens (primary N) is 1. The lowest BCUT2D eigenvalue weighted by molar-refractivity contribution is 1.07. The Morgan fingerprint density at radius 2 is 1.40 bits per heavy atom. The second-order valence-corrected chi connectivity index (χ2v) is 2.63. The summed E-state index contributed by atoms with van der Waals surface area (Å²) in [5, 5.41) is 5.73. The Bertz CT molecular complexity index is 339. The highest BCUT2D eigenvalue weighted by Gasteiger charge is 2.00. The summed E-state index contributed by atoms with van der Waals surface area (Å²) in [6.07, 6.45) is 7.10. The number of hydrogen-bond donors (Lipinski definition) is 3. The van der Waals surface area contributed by atoms with Crippen LogP contribution in [0.4, 0.5) is 17.8 Å². The topological polar surface area (TPSA) is 88.8 Å². The zero-order valence-electron chi connectivity index (χ0n) is 8.73. The van der Waals surface area contributed by atoms with Gasteiger partial charge in [-0.2, -0.15) is 15.0 Å². The van der Waals surface area contributed by atoms with Crippen LogP contribution in [0.15, 0.2) is 24.6 Å². The van der Waals surface area contributed by atoms with Crippen molar-refractivity contribution in [1.29, 1.82) is 0 Å². The third-order valence-corrected chi connectivity index (χ3v) is 1.41. The molecule has 0 atom stereocenters. The van der Waals surface area contributed by atoms with Gasteiger partial charge in [-0.15, -0.1) is 0 Å². The van der Waals surface area contributed by atoms with Crippen LogP contribution in [0.2, 0.25) is 0 Å². The molecule has 6 heteroatoms. The fourth-order valence-electron chi connectivity index (χ4n) is 0.837. The average Bonchev–Trinajstić information content (AvgIpc) is 2.23. The Labute approximate surface area is 88.3 Å². The molecule has 6 nitrogen and oxygen atoms in total. The fourth-order valence-corrected chi connectivity index (χ4v) is 0.837. The van der Waals surface area contributed by atoms with Gasteiger partial charge in [-0.25, -0.2) is 0 Å². The van der Waals surface area contributed by atoms with Crippen molar-refractivity contribution >= 4 is 17.8 Å². The van der Waals surface area contributed by atoms with Gasteiger partial charge >= 0.3 is 0 Å². The molecular weight excluding hydrogens is 192 g/mol. The lowest BCUT2D eigenvalue weighted by Gasteiger charge is -2.03.